The molecule has 2 heterocycles. The summed E-state index contributed by atoms with van der Waals surface area (Å²) < 4.78 is 13.8. The van der Waals surface area contributed by atoms with E-state index in [-0.39, 0.29) is 22.4 Å². The summed E-state index contributed by atoms with van der Waals surface area (Å²) >= 11 is 7.01. The second-order valence-corrected chi connectivity index (χ2v) is 8.46. The highest BCUT2D eigenvalue weighted by Gasteiger charge is 2.23. The topological polar surface area (TPSA) is 58.1 Å². The number of carbonyl (C=O) groups excluding carboxylic acids is 1. The van der Waals surface area contributed by atoms with Crippen LogP contribution in [0.3, 0.4) is 0 Å². The fraction of sp³-hybridized carbons (Fsp3) is 0.421. The van der Waals surface area contributed by atoms with Crippen molar-refractivity contribution in [2.45, 2.75) is 25.3 Å². The van der Waals surface area contributed by atoms with E-state index < -0.39 is 5.82 Å². The molecule has 1 fully saturated rings. The van der Waals surface area contributed by atoms with Gasteiger partial charge in [-0.15, -0.1) is 0 Å². The molecule has 0 saturated carbocycles. The zero-order chi connectivity index (χ0) is 19.4. The summed E-state index contributed by atoms with van der Waals surface area (Å²) in [5.41, 5.74) is 0.115. The Morgan fingerprint density at radius 1 is 1.30 bits per heavy atom. The first kappa shape index (κ1) is 19.9. The number of amides is 1. The molecular formula is C19H22ClFN4OS. The molecule has 1 N–H and O–H groups in total. The van der Waals surface area contributed by atoms with Gasteiger partial charge in [-0.1, -0.05) is 37.2 Å². The minimum absolute atomic E-state index is 0.115. The van der Waals surface area contributed by atoms with Gasteiger partial charge in [-0.2, -0.15) is 0 Å². The Bertz CT molecular complexity index is 812. The Labute approximate surface area is 167 Å². The van der Waals surface area contributed by atoms with Crippen LogP contribution in [0.1, 0.15) is 20.3 Å². The molecule has 0 spiro atoms. The summed E-state index contributed by atoms with van der Waals surface area (Å²) in [4.78, 5) is 23.0. The van der Waals surface area contributed by atoms with E-state index in [4.69, 9.17) is 11.6 Å². The number of nitrogens with zero attached hydrogens (tertiary/aromatic N) is 3. The molecule has 1 saturated heterocycles. The maximum absolute atomic E-state index is 13.8. The van der Waals surface area contributed by atoms with E-state index in [1.807, 2.05) is 6.07 Å². The third-order valence-corrected chi connectivity index (χ3v) is 5.54. The van der Waals surface area contributed by atoms with Gasteiger partial charge < -0.3 is 10.2 Å². The number of nitrogens with one attached hydrogen (secondary N) is 1. The number of anilines is 2. The third-order valence-electron chi connectivity index (χ3n) is 4.38. The van der Waals surface area contributed by atoms with E-state index in [9.17, 15) is 9.18 Å². The summed E-state index contributed by atoms with van der Waals surface area (Å²) in [7, 11) is 0. The molecule has 1 aromatic heterocycles. The lowest BCUT2D eigenvalue weighted by Crippen LogP contribution is -2.39. The van der Waals surface area contributed by atoms with Gasteiger partial charge in [0.25, 0.3) is 0 Å². The molecule has 3 rings (SSSR count). The number of halogens is 2. The van der Waals surface area contributed by atoms with Crippen LogP contribution in [-0.4, -0.2) is 34.7 Å². The number of rotatable bonds is 5. The predicted molar refractivity (Wildman–Crippen MR) is 108 cm³/mol. The van der Waals surface area contributed by atoms with Crippen molar-refractivity contribution in [1.29, 1.82) is 0 Å². The Hall–Kier alpha value is -1.86. The van der Waals surface area contributed by atoms with Crippen LogP contribution in [0.5, 0.6) is 0 Å². The number of carbonyl (C=O) groups is 1. The summed E-state index contributed by atoms with van der Waals surface area (Å²) in [5.74, 6) is 1.40. The van der Waals surface area contributed by atoms with Gasteiger partial charge in [0.15, 0.2) is 0 Å². The fourth-order valence-electron chi connectivity index (χ4n) is 3.35. The van der Waals surface area contributed by atoms with Gasteiger partial charge >= 0.3 is 0 Å². The van der Waals surface area contributed by atoms with E-state index in [1.165, 1.54) is 42.7 Å². The van der Waals surface area contributed by atoms with Gasteiger partial charge in [-0.25, -0.2) is 14.4 Å². The van der Waals surface area contributed by atoms with Gasteiger partial charge in [0.05, 0.1) is 11.4 Å². The van der Waals surface area contributed by atoms with Crippen molar-refractivity contribution < 1.29 is 9.18 Å². The van der Waals surface area contributed by atoms with Crippen molar-refractivity contribution in [3.8, 4) is 0 Å². The van der Waals surface area contributed by atoms with E-state index in [1.54, 1.807) is 0 Å². The van der Waals surface area contributed by atoms with Gasteiger partial charge in [0.1, 0.15) is 23.0 Å². The van der Waals surface area contributed by atoms with Crippen LogP contribution >= 0.6 is 23.4 Å². The second kappa shape index (κ2) is 8.89. The Morgan fingerprint density at radius 3 is 2.74 bits per heavy atom. The highest BCUT2D eigenvalue weighted by atomic mass is 35.5. The van der Waals surface area contributed by atoms with Gasteiger partial charge in [-0.05, 0) is 36.5 Å². The van der Waals surface area contributed by atoms with E-state index in [0.717, 1.165) is 23.9 Å². The molecule has 1 aromatic carbocycles. The van der Waals surface area contributed by atoms with Crippen molar-refractivity contribution in [3.05, 3.63) is 41.4 Å². The van der Waals surface area contributed by atoms with Crippen molar-refractivity contribution in [1.82, 2.24) is 9.97 Å². The number of thioether (sulfide) groups is 1. The Balaban J connectivity index is 1.58. The molecule has 144 valence electrons. The lowest BCUT2D eigenvalue weighted by molar-refractivity contribution is -0.113. The van der Waals surface area contributed by atoms with E-state index in [2.05, 4.69) is 34.0 Å². The molecule has 0 bridgehead atoms. The zero-order valence-electron chi connectivity index (χ0n) is 15.3. The lowest BCUT2D eigenvalue weighted by Gasteiger charge is -2.35. The van der Waals surface area contributed by atoms with Crippen LogP contribution in [0, 0.1) is 17.7 Å². The molecule has 5 nitrogen and oxygen atoms in total. The highest BCUT2D eigenvalue weighted by molar-refractivity contribution is 7.99. The van der Waals surface area contributed by atoms with Crippen LogP contribution in [0.2, 0.25) is 5.02 Å². The molecule has 1 aliphatic heterocycles. The molecule has 2 aromatic rings. The summed E-state index contributed by atoms with van der Waals surface area (Å²) in [6, 6.07) is 6.06. The van der Waals surface area contributed by atoms with Crippen molar-refractivity contribution in [2.75, 3.05) is 29.1 Å². The van der Waals surface area contributed by atoms with Crippen LogP contribution in [0.4, 0.5) is 15.9 Å². The normalized spacial score (nSPS) is 19.8. The second-order valence-electron chi connectivity index (χ2n) is 7.03. The monoisotopic (exact) mass is 408 g/mol. The van der Waals surface area contributed by atoms with Crippen molar-refractivity contribution in [3.63, 3.8) is 0 Å². The average Bonchev–Trinajstić information content (AvgIpc) is 2.62. The van der Waals surface area contributed by atoms with Crippen LogP contribution in [-0.2, 0) is 4.79 Å². The number of hydrogen-bond acceptors (Lipinski definition) is 5. The molecule has 27 heavy (non-hydrogen) atoms. The van der Waals surface area contributed by atoms with Gasteiger partial charge in [0, 0.05) is 24.2 Å². The molecule has 2 atom stereocenters. The van der Waals surface area contributed by atoms with Gasteiger partial charge in [-0.3, -0.25) is 4.79 Å². The summed E-state index contributed by atoms with van der Waals surface area (Å²) in [5, 5.41) is 3.56. The number of benzene rings is 1. The maximum atomic E-state index is 13.8. The first-order valence-electron chi connectivity index (χ1n) is 8.85. The fourth-order valence-corrected chi connectivity index (χ4v) is 4.17. The third kappa shape index (κ3) is 5.56. The van der Waals surface area contributed by atoms with Crippen molar-refractivity contribution in [2.24, 2.45) is 11.8 Å². The minimum atomic E-state index is -0.557. The number of hydrogen-bond donors (Lipinski definition) is 1. The van der Waals surface area contributed by atoms with Crippen molar-refractivity contribution >= 4 is 40.8 Å². The molecule has 0 unspecified atom stereocenters. The zero-order valence-corrected chi connectivity index (χ0v) is 16.9. The van der Waals surface area contributed by atoms with Crippen LogP contribution in [0.15, 0.2) is 35.6 Å². The number of aromatic nitrogens is 2. The minimum Gasteiger partial charge on any atom is -0.356 e. The molecule has 0 radical (unpaired) electrons. The highest BCUT2D eigenvalue weighted by Crippen LogP contribution is 2.27. The molecule has 0 aliphatic carbocycles. The number of piperidine rings is 1. The van der Waals surface area contributed by atoms with Crippen LogP contribution in [0.25, 0.3) is 0 Å². The smallest absolute Gasteiger partial charge is 0.234 e. The molecular weight excluding hydrogens is 387 g/mol. The van der Waals surface area contributed by atoms with E-state index in [0.29, 0.717) is 11.8 Å². The van der Waals surface area contributed by atoms with Crippen LogP contribution < -0.4 is 10.2 Å². The largest absolute Gasteiger partial charge is 0.356 e. The predicted octanol–water partition coefficient (Wildman–Crippen LogP) is 4.48. The Morgan fingerprint density at radius 2 is 2.04 bits per heavy atom. The molecule has 8 heteroatoms. The average molecular weight is 409 g/mol. The molecule has 1 amide bonds. The standard InChI is InChI=1S/C19H22ClFN4OS/c1-12-5-13(2)9-25(8-12)17-7-19(23-11-22-17)27-10-18(26)24-16-4-3-14(20)6-15(16)21/h3-4,6-7,11-13H,5,8-10H2,1-2H3,(H,24,26)/t12-,13+. The first-order chi connectivity index (χ1) is 12.9. The van der Waals surface area contributed by atoms with Gasteiger partial charge in [0.2, 0.25) is 5.91 Å². The van der Waals surface area contributed by atoms with E-state index >= 15 is 0 Å². The summed E-state index contributed by atoms with van der Waals surface area (Å²) in [6.07, 6.45) is 2.75. The molecule has 1 aliphatic rings. The SMILES string of the molecule is C[C@@H]1C[C@H](C)CN(c2cc(SCC(=O)Nc3ccc(Cl)cc3F)ncn2)C1. The maximum Gasteiger partial charge on any atom is 0.234 e. The lowest BCUT2D eigenvalue weighted by atomic mass is 9.92. The Kier molecular flexibility index (Phi) is 6.55. The first-order valence-corrected chi connectivity index (χ1v) is 10.2. The summed E-state index contributed by atoms with van der Waals surface area (Å²) in [6.45, 7) is 6.45. The quantitative estimate of drug-likeness (QED) is 0.583.